The summed E-state index contributed by atoms with van der Waals surface area (Å²) < 4.78 is 0. The Morgan fingerprint density at radius 3 is 2.23 bits per heavy atom. The van der Waals surface area contributed by atoms with Crippen LogP contribution in [0.25, 0.3) is 0 Å². The van der Waals surface area contributed by atoms with Crippen LogP contribution in [0.4, 0.5) is 5.13 Å². The first-order valence-corrected chi connectivity index (χ1v) is 5.13. The van der Waals surface area contributed by atoms with Gasteiger partial charge in [0.15, 0.2) is 5.13 Å². The van der Waals surface area contributed by atoms with Crippen molar-refractivity contribution in [3.63, 3.8) is 0 Å². The van der Waals surface area contributed by atoms with Crippen molar-refractivity contribution in [3.05, 3.63) is 10.6 Å². The van der Waals surface area contributed by atoms with Crippen molar-refractivity contribution in [2.45, 2.75) is 34.6 Å². The van der Waals surface area contributed by atoms with Crippen LogP contribution in [0.15, 0.2) is 0 Å². The van der Waals surface area contributed by atoms with E-state index in [0.717, 1.165) is 10.6 Å². The van der Waals surface area contributed by atoms with E-state index in [4.69, 9.17) is 0 Å². The third-order valence-corrected chi connectivity index (χ3v) is 2.30. The lowest BCUT2D eigenvalue weighted by Gasteiger charge is -1.91. The predicted molar refractivity (Wildman–Crippen MR) is 57.2 cm³/mol. The second-order valence-corrected chi connectivity index (χ2v) is 3.54. The molecule has 0 fully saturated rings. The summed E-state index contributed by atoms with van der Waals surface area (Å²) in [6.07, 6.45) is 0. The molecule has 0 atom stereocenters. The minimum atomic E-state index is -0.0706. The summed E-state index contributed by atoms with van der Waals surface area (Å²) >= 11 is 1.50. The van der Waals surface area contributed by atoms with Gasteiger partial charge in [-0.1, -0.05) is 13.8 Å². The van der Waals surface area contributed by atoms with E-state index in [0.29, 0.717) is 5.13 Å². The van der Waals surface area contributed by atoms with Crippen LogP contribution < -0.4 is 5.32 Å². The maximum absolute atomic E-state index is 10.6. The van der Waals surface area contributed by atoms with Crippen LogP contribution in [0.5, 0.6) is 0 Å². The van der Waals surface area contributed by atoms with Gasteiger partial charge in [0.05, 0.1) is 5.69 Å². The number of aromatic nitrogens is 1. The zero-order valence-corrected chi connectivity index (χ0v) is 9.58. The fraction of sp³-hybridized carbons (Fsp3) is 0.556. The van der Waals surface area contributed by atoms with Crippen molar-refractivity contribution in [2.75, 3.05) is 5.32 Å². The van der Waals surface area contributed by atoms with Crippen molar-refractivity contribution >= 4 is 22.4 Å². The van der Waals surface area contributed by atoms with E-state index in [1.54, 1.807) is 0 Å². The summed E-state index contributed by atoms with van der Waals surface area (Å²) in [5.41, 5.74) is 0.985. The van der Waals surface area contributed by atoms with E-state index in [1.807, 2.05) is 27.7 Å². The molecule has 1 heterocycles. The lowest BCUT2D eigenvalue weighted by molar-refractivity contribution is -0.114. The van der Waals surface area contributed by atoms with E-state index >= 15 is 0 Å². The fourth-order valence-electron chi connectivity index (χ4n) is 0.677. The summed E-state index contributed by atoms with van der Waals surface area (Å²) in [6.45, 7) is 9.39. The number of carbonyl (C=O) groups is 1. The van der Waals surface area contributed by atoms with Crippen molar-refractivity contribution < 1.29 is 4.79 Å². The van der Waals surface area contributed by atoms with Crippen LogP contribution in [0.2, 0.25) is 0 Å². The lowest BCUT2D eigenvalue weighted by Crippen LogP contribution is -2.04. The first kappa shape index (κ1) is 12.1. The second-order valence-electron chi connectivity index (χ2n) is 2.34. The molecular formula is C9H16N2OS. The van der Waals surface area contributed by atoms with Crippen LogP contribution in [0.3, 0.4) is 0 Å². The number of nitrogens with zero attached hydrogens (tertiary/aromatic N) is 1. The van der Waals surface area contributed by atoms with E-state index in [2.05, 4.69) is 10.3 Å². The van der Waals surface area contributed by atoms with Gasteiger partial charge in [0, 0.05) is 11.8 Å². The van der Waals surface area contributed by atoms with Gasteiger partial charge in [-0.3, -0.25) is 4.79 Å². The smallest absolute Gasteiger partial charge is 0.223 e. The zero-order chi connectivity index (χ0) is 10.4. The van der Waals surface area contributed by atoms with Crippen LogP contribution in [-0.4, -0.2) is 10.9 Å². The Balaban J connectivity index is 0.000000671. The number of rotatable bonds is 1. The Morgan fingerprint density at radius 2 is 1.92 bits per heavy atom. The van der Waals surface area contributed by atoms with Crippen LogP contribution in [0, 0.1) is 13.8 Å². The van der Waals surface area contributed by atoms with Crippen molar-refractivity contribution in [3.8, 4) is 0 Å². The van der Waals surface area contributed by atoms with Gasteiger partial charge in [0.1, 0.15) is 0 Å². The van der Waals surface area contributed by atoms with Crippen molar-refractivity contribution in [1.29, 1.82) is 0 Å². The molecular weight excluding hydrogens is 184 g/mol. The van der Waals surface area contributed by atoms with Gasteiger partial charge in [-0.15, -0.1) is 11.3 Å². The lowest BCUT2D eigenvalue weighted by atomic mass is 10.4. The maximum atomic E-state index is 10.6. The number of amides is 1. The van der Waals surface area contributed by atoms with E-state index in [1.165, 1.54) is 18.3 Å². The average molecular weight is 200 g/mol. The van der Waals surface area contributed by atoms with E-state index < -0.39 is 0 Å². The Hall–Kier alpha value is -0.900. The molecule has 13 heavy (non-hydrogen) atoms. The first-order valence-electron chi connectivity index (χ1n) is 4.31. The minimum Gasteiger partial charge on any atom is -0.302 e. The van der Waals surface area contributed by atoms with E-state index in [9.17, 15) is 4.79 Å². The Labute approximate surface area is 83.2 Å². The largest absolute Gasteiger partial charge is 0.302 e. The molecule has 0 saturated heterocycles. The van der Waals surface area contributed by atoms with Gasteiger partial charge in [0.2, 0.25) is 5.91 Å². The number of anilines is 1. The van der Waals surface area contributed by atoms with Gasteiger partial charge >= 0.3 is 0 Å². The van der Waals surface area contributed by atoms with Gasteiger partial charge in [-0.2, -0.15) is 0 Å². The Kier molecular flexibility index (Phi) is 5.30. The molecule has 0 aromatic carbocycles. The number of hydrogen-bond donors (Lipinski definition) is 1. The molecule has 0 spiro atoms. The number of nitrogens with one attached hydrogen (secondary N) is 1. The molecule has 1 rings (SSSR count). The highest BCUT2D eigenvalue weighted by Gasteiger charge is 2.03. The molecule has 0 unspecified atom stereocenters. The number of carbonyl (C=O) groups excluding carboxylic acids is 1. The molecule has 4 heteroatoms. The quantitative estimate of drug-likeness (QED) is 0.757. The SMILES string of the molecule is CC.CC(=O)Nc1nc(C)c(C)s1. The molecule has 0 saturated carbocycles. The van der Waals surface area contributed by atoms with Crippen LogP contribution in [-0.2, 0) is 4.79 Å². The summed E-state index contributed by atoms with van der Waals surface area (Å²) in [7, 11) is 0. The van der Waals surface area contributed by atoms with Gasteiger partial charge in [0.25, 0.3) is 0 Å². The molecule has 0 bridgehead atoms. The predicted octanol–water partition coefficient (Wildman–Crippen LogP) is 2.74. The number of aryl methyl sites for hydroxylation is 2. The summed E-state index contributed by atoms with van der Waals surface area (Å²) in [4.78, 5) is 15.9. The molecule has 74 valence electrons. The first-order chi connectivity index (χ1) is 6.09. The number of hydrogen-bond acceptors (Lipinski definition) is 3. The molecule has 1 N–H and O–H groups in total. The molecule has 1 amide bonds. The molecule has 0 aliphatic carbocycles. The Bertz CT molecular complexity index is 262. The molecule has 1 aromatic rings. The summed E-state index contributed by atoms with van der Waals surface area (Å²) in [6, 6.07) is 0. The molecule has 0 aliphatic heterocycles. The van der Waals surface area contributed by atoms with E-state index in [-0.39, 0.29) is 5.91 Å². The minimum absolute atomic E-state index is 0.0706. The highest BCUT2D eigenvalue weighted by molar-refractivity contribution is 7.15. The topological polar surface area (TPSA) is 42.0 Å². The van der Waals surface area contributed by atoms with Gasteiger partial charge in [-0.05, 0) is 13.8 Å². The highest BCUT2D eigenvalue weighted by Crippen LogP contribution is 2.20. The average Bonchev–Trinajstić information content (AvgIpc) is 2.34. The molecule has 1 aromatic heterocycles. The fourth-order valence-corrected chi connectivity index (χ4v) is 1.54. The zero-order valence-electron chi connectivity index (χ0n) is 8.76. The van der Waals surface area contributed by atoms with Crippen molar-refractivity contribution in [1.82, 2.24) is 4.98 Å². The normalized spacial score (nSPS) is 8.69. The summed E-state index contributed by atoms with van der Waals surface area (Å²) in [5, 5.41) is 3.32. The third kappa shape index (κ3) is 4.03. The summed E-state index contributed by atoms with van der Waals surface area (Å²) in [5.74, 6) is -0.0706. The number of thiazole rings is 1. The van der Waals surface area contributed by atoms with Gasteiger partial charge < -0.3 is 5.32 Å². The van der Waals surface area contributed by atoms with Gasteiger partial charge in [-0.25, -0.2) is 4.98 Å². The van der Waals surface area contributed by atoms with Crippen LogP contribution >= 0.6 is 11.3 Å². The molecule has 0 radical (unpaired) electrons. The van der Waals surface area contributed by atoms with Crippen LogP contribution in [0.1, 0.15) is 31.3 Å². The highest BCUT2D eigenvalue weighted by atomic mass is 32.1. The maximum Gasteiger partial charge on any atom is 0.223 e. The third-order valence-electron chi connectivity index (χ3n) is 1.31. The monoisotopic (exact) mass is 200 g/mol. The Morgan fingerprint density at radius 1 is 1.38 bits per heavy atom. The second kappa shape index (κ2) is 5.70. The standard InChI is InChI=1S/C7H10N2OS.C2H6/c1-4-5(2)11-7(8-4)9-6(3)10;1-2/h1-3H3,(H,8,9,10);1-2H3. The molecule has 3 nitrogen and oxygen atoms in total. The molecule has 0 aliphatic rings. The van der Waals surface area contributed by atoms with Crippen molar-refractivity contribution in [2.24, 2.45) is 0 Å².